The fourth-order valence-corrected chi connectivity index (χ4v) is 2.36. The molecule has 1 unspecified atom stereocenters. The zero-order valence-electron chi connectivity index (χ0n) is 11.3. The Morgan fingerprint density at radius 3 is 2.35 bits per heavy atom. The average molecular weight is 283 g/mol. The van der Waals surface area contributed by atoms with E-state index in [0.29, 0.717) is 5.69 Å². The van der Waals surface area contributed by atoms with Crippen molar-refractivity contribution < 1.29 is 17.9 Å². The van der Waals surface area contributed by atoms with Crippen molar-refractivity contribution in [2.24, 2.45) is 0 Å². The summed E-state index contributed by atoms with van der Waals surface area (Å²) in [5.74, 6) is 0. The molecule has 0 aliphatic heterocycles. The zero-order chi connectivity index (χ0) is 14.8. The Balaban J connectivity index is 2.54. The Hall–Kier alpha value is -1.75. The summed E-state index contributed by atoms with van der Waals surface area (Å²) in [6.07, 6.45) is -6.39. The van der Waals surface area contributed by atoms with Crippen molar-refractivity contribution in [3.8, 4) is 0 Å². The van der Waals surface area contributed by atoms with Crippen LogP contribution in [-0.4, -0.2) is 26.1 Å². The second-order valence-electron chi connectivity index (χ2n) is 4.41. The Kier molecular flexibility index (Phi) is 4.18. The number of halogens is 3. The molecule has 0 bridgehead atoms. The summed E-state index contributed by atoms with van der Waals surface area (Å²) >= 11 is 0. The fraction of sp³-hybridized carbons (Fsp3) is 0.333. The lowest BCUT2D eigenvalue weighted by atomic mass is 10.1. The third-order valence-corrected chi connectivity index (χ3v) is 3.20. The SMILES string of the molecule is CCN(c1cccc2ccccc12)C(OC)C(F)(F)F. The third-order valence-electron chi connectivity index (χ3n) is 3.20. The van der Waals surface area contributed by atoms with Crippen molar-refractivity contribution in [1.82, 2.24) is 0 Å². The van der Waals surface area contributed by atoms with Gasteiger partial charge in [-0.25, -0.2) is 0 Å². The molecule has 0 aliphatic carbocycles. The fourth-order valence-electron chi connectivity index (χ4n) is 2.36. The summed E-state index contributed by atoms with van der Waals surface area (Å²) in [6, 6.07) is 12.7. The van der Waals surface area contributed by atoms with Crippen LogP contribution in [0.25, 0.3) is 10.8 Å². The Labute approximate surface area is 115 Å². The molecule has 0 saturated heterocycles. The van der Waals surface area contributed by atoms with Gasteiger partial charge in [0, 0.05) is 24.7 Å². The van der Waals surface area contributed by atoms with Gasteiger partial charge in [-0.2, -0.15) is 13.2 Å². The van der Waals surface area contributed by atoms with E-state index in [0.717, 1.165) is 17.9 Å². The largest absolute Gasteiger partial charge is 0.433 e. The van der Waals surface area contributed by atoms with E-state index >= 15 is 0 Å². The lowest BCUT2D eigenvalue weighted by Crippen LogP contribution is -2.47. The topological polar surface area (TPSA) is 12.5 Å². The molecule has 2 rings (SSSR count). The van der Waals surface area contributed by atoms with Gasteiger partial charge < -0.3 is 9.64 Å². The number of anilines is 1. The van der Waals surface area contributed by atoms with E-state index < -0.39 is 12.4 Å². The average Bonchev–Trinajstić information content (AvgIpc) is 2.42. The van der Waals surface area contributed by atoms with E-state index in [1.807, 2.05) is 30.3 Å². The summed E-state index contributed by atoms with van der Waals surface area (Å²) in [7, 11) is 1.08. The monoisotopic (exact) mass is 283 g/mol. The van der Waals surface area contributed by atoms with Gasteiger partial charge in [-0.15, -0.1) is 0 Å². The molecule has 2 aromatic rings. The van der Waals surface area contributed by atoms with E-state index in [4.69, 9.17) is 0 Å². The summed E-state index contributed by atoms with van der Waals surface area (Å²) < 4.78 is 43.9. The van der Waals surface area contributed by atoms with Gasteiger partial charge in [0.1, 0.15) is 0 Å². The molecule has 0 radical (unpaired) electrons. The smallest absolute Gasteiger partial charge is 0.353 e. The molecule has 2 nitrogen and oxygen atoms in total. The summed E-state index contributed by atoms with van der Waals surface area (Å²) in [6.45, 7) is 1.88. The minimum absolute atomic E-state index is 0.200. The van der Waals surface area contributed by atoms with Crippen LogP contribution in [0.5, 0.6) is 0 Å². The van der Waals surface area contributed by atoms with Crippen molar-refractivity contribution in [3.05, 3.63) is 42.5 Å². The van der Waals surface area contributed by atoms with Gasteiger partial charge in [0.15, 0.2) is 0 Å². The second kappa shape index (κ2) is 5.71. The lowest BCUT2D eigenvalue weighted by Gasteiger charge is -2.33. The maximum atomic E-state index is 13.1. The first-order valence-electron chi connectivity index (χ1n) is 6.33. The minimum atomic E-state index is -4.44. The summed E-state index contributed by atoms with van der Waals surface area (Å²) in [5.41, 5.74) is 0.523. The first-order valence-corrected chi connectivity index (χ1v) is 6.33. The van der Waals surface area contributed by atoms with Crippen molar-refractivity contribution in [1.29, 1.82) is 0 Å². The molecule has 0 aliphatic rings. The lowest BCUT2D eigenvalue weighted by molar-refractivity contribution is -0.212. The number of rotatable bonds is 4. The van der Waals surface area contributed by atoms with Crippen LogP contribution in [0.2, 0.25) is 0 Å². The van der Waals surface area contributed by atoms with Gasteiger partial charge in [-0.1, -0.05) is 36.4 Å². The van der Waals surface area contributed by atoms with Crippen LogP contribution in [0.1, 0.15) is 6.92 Å². The second-order valence-corrected chi connectivity index (χ2v) is 4.41. The van der Waals surface area contributed by atoms with Crippen molar-refractivity contribution >= 4 is 16.5 Å². The van der Waals surface area contributed by atoms with Crippen LogP contribution in [-0.2, 0) is 4.74 Å². The molecule has 0 heterocycles. The maximum Gasteiger partial charge on any atom is 0.433 e. The normalized spacial score (nSPS) is 13.4. The molecule has 0 amide bonds. The molecular formula is C15H16F3NO. The van der Waals surface area contributed by atoms with Gasteiger partial charge in [0.2, 0.25) is 6.23 Å². The number of methoxy groups -OCH3 is 1. The van der Waals surface area contributed by atoms with Gasteiger partial charge >= 0.3 is 6.18 Å². The highest BCUT2D eigenvalue weighted by atomic mass is 19.4. The van der Waals surface area contributed by atoms with Crippen molar-refractivity contribution in [3.63, 3.8) is 0 Å². The highest BCUT2D eigenvalue weighted by Gasteiger charge is 2.44. The number of nitrogens with zero attached hydrogens (tertiary/aromatic N) is 1. The highest BCUT2D eigenvalue weighted by molar-refractivity contribution is 5.94. The molecule has 0 saturated carbocycles. The molecular weight excluding hydrogens is 267 g/mol. The van der Waals surface area contributed by atoms with E-state index in [1.54, 1.807) is 19.1 Å². The van der Waals surface area contributed by atoms with Gasteiger partial charge in [0.25, 0.3) is 0 Å². The molecule has 108 valence electrons. The summed E-state index contributed by atoms with van der Waals surface area (Å²) in [5, 5.41) is 1.68. The number of ether oxygens (including phenoxy) is 1. The summed E-state index contributed by atoms with van der Waals surface area (Å²) in [4.78, 5) is 1.22. The highest BCUT2D eigenvalue weighted by Crippen LogP contribution is 2.33. The molecule has 5 heteroatoms. The molecule has 20 heavy (non-hydrogen) atoms. The molecule has 0 N–H and O–H groups in total. The first-order chi connectivity index (χ1) is 9.49. The molecule has 0 fully saturated rings. The third kappa shape index (κ3) is 2.72. The minimum Gasteiger partial charge on any atom is -0.353 e. The number of alkyl halides is 3. The predicted octanol–water partition coefficient (Wildman–Crippen LogP) is 4.20. The first kappa shape index (κ1) is 14.7. The van der Waals surface area contributed by atoms with E-state index in [1.165, 1.54) is 4.90 Å². The molecule has 0 aromatic heterocycles. The van der Waals surface area contributed by atoms with Crippen LogP contribution in [0, 0.1) is 0 Å². The van der Waals surface area contributed by atoms with Crippen LogP contribution >= 0.6 is 0 Å². The number of fused-ring (bicyclic) bond motifs is 1. The Morgan fingerprint density at radius 1 is 1.10 bits per heavy atom. The predicted molar refractivity (Wildman–Crippen MR) is 73.8 cm³/mol. The quantitative estimate of drug-likeness (QED) is 0.780. The zero-order valence-corrected chi connectivity index (χ0v) is 11.3. The number of benzene rings is 2. The number of hydrogen-bond acceptors (Lipinski definition) is 2. The van der Waals surface area contributed by atoms with Crippen LogP contribution in [0.4, 0.5) is 18.9 Å². The Morgan fingerprint density at radius 2 is 1.75 bits per heavy atom. The maximum absolute atomic E-state index is 13.1. The number of hydrogen-bond donors (Lipinski definition) is 0. The van der Waals surface area contributed by atoms with Gasteiger partial charge in [0.05, 0.1) is 0 Å². The van der Waals surface area contributed by atoms with Crippen LogP contribution in [0.3, 0.4) is 0 Å². The standard InChI is InChI=1S/C15H16F3NO/c1-3-19(14(20-2)15(16,17)18)13-10-6-8-11-7-4-5-9-12(11)13/h4-10,14H,3H2,1-2H3. The van der Waals surface area contributed by atoms with Gasteiger partial charge in [-0.3, -0.25) is 0 Å². The van der Waals surface area contributed by atoms with Crippen molar-refractivity contribution in [2.75, 3.05) is 18.6 Å². The van der Waals surface area contributed by atoms with Crippen LogP contribution < -0.4 is 4.90 Å². The van der Waals surface area contributed by atoms with Gasteiger partial charge in [-0.05, 0) is 18.4 Å². The van der Waals surface area contributed by atoms with E-state index in [-0.39, 0.29) is 6.54 Å². The molecule has 2 aromatic carbocycles. The van der Waals surface area contributed by atoms with Crippen molar-refractivity contribution in [2.45, 2.75) is 19.3 Å². The molecule has 1 atom stereocenters. The van der Waals surface area contributed by atoms with E-state index in [2.05, 4.69) is 4.74 Å². The Bertz CT molecular complexity index is 577. The van der Waals surface area contributed by atoms with Crippen LogP contribution in [0.15, 0.2) is 42.5 Å². The van der Waals surface area contributed by atoms with E-state index in [9.17, 15) is 13.2 Å². The molecule has 0 spiro atoms.